The quantitative estimate of drug-likeness (QED) is 0.836. The Bertz CT molecular complexity index is 474. The van der Waals surface area contributed by atoms with E-state index in [-0.39, 0.29) is 11.8 Å². The summed E-state index contributed by atoms with van der Waals surface area (Å²) in [6.07, 6.45) is 0.344. The number of rotatable bonds is 4. The van der Waals surface area contributed by atoms with Gasteiger partial charge in [0.1, 0.15) is 6.04 Å². The highest BCUT2D eigenvalue weighted by Gasteiger charge is 2.13. The van der Waals surface area contributed by atoms with Gasteiger partial charge in [-0.25, -0.2) is 0 Å². The maximum atomic E-state index is 11.7. The number of nitriles is 1. The van der Waals surface area contributed by atoms with Crippen molar-refractivity contribution in [3.63, 3.8) is 0 Å². The molecular weight excluding hydrogens is 230 g/mol. The molecule has 1 atom stereocenters. The molecule has 2 N–H and O–H groups in total. The van der Waals surface area contributed by atoms with Gasteiger partial charge in [0.15, 0.2) is 0 Å². The van der Waals surface area contributed by atoms with Gasteiger partial charge >= 0.3 is 0 Å². The van der Waals surface area contributed by atoms with E-state index in [1.165, 1.54) is 6.92 Å². The van der Waals surface area contributed by atoms with Gasteiger partial charge < -0.3 is 10.6 Å². The standard InChI is InChI=1S/C13H15N3O2/c1-9(15-10(2)17)13(18)16-12-5-3-11(4-6-12)7-8-14/h3-6,9H,7H2,1-2H3,(H,15,17)(H,16,18). The van der Waals surface area contributed by atoms with Crippen LogP contribution in [0.1, 0.15) is 19.4 Å². The molecule has 94 valence electrons. The number of carbonyl (C=O) groups is 2. The zero-order valence-corrected chi connectivity index (χ0v) is 10.4. The average Bonchev–Trinajstić information content (AvgIpc) is 2.31. The van der Waals surface area contributed by atoms with Crippen LogP contribution in [-0.4, -0.2) is 17.9 Å². The summed E-state index contributed by atoms with van der Waals surface area (Å²) in [6, 6.07) is 8.48. The number of hydrogen-bond acceptors (Lipinski definition) is 3. The summed E-state index contributed by atoms with van der Waals surface area (Å²) < 4.78 is 0. The first-order chi connectivity index (χ1) is 8.52. The molecule has 0 aliphatic rings. The highest BCUT2D eigenvalue weighted by Crippen LogP contribution is 2.10. The highest BCUT2D eigenvalue weighted by molar-refractivity contribution is 5.96. The lowest BCUT2D eigenvalue weighted by molar-refractivity contribution is -0.124. The molecule has 0 spiro atoms. The Kier molecular flexibility index (Phi) is 4.88. The van der Waals surface area contributed by atoms with E-state index in [0.717, 1.165) is 5.56 Å². The molecule has 2 amide bonds. The normalized spacial score (nSPS) is 11.2. The first-order valence-corrected chi connectivity index (χ1v) is 5.57. The lowest BCUT2D eigenvalue weighted by Crippen LogP contribution is -2.40. The van der Waals surface area contributed by atoms with Gasteiger partial charge in [0.2, 0.25) is 11.8 Å². The fraction of sp³-hybridized carbons (Fsp3) is 0.308. The third-order valence-electron chi connectivity index (χ3n) is 2.32. The summed E-state index contributed by atoms with van der Waals surface area (Å²) in [5.41, 5.74) is 1.53. The monoisotopic (exact) mass is 245 g/mol. The van der Waals surface area contributed by atoms with E-state index in [0.29, 0.717) is 12.1 Å². The number of hydrogen-bond donors (Lipinski definition) is 2. The van der Waals surface area contributed by atoms with Crippen molar-refractivity contribution in [2.75, 3.05) is 5.32 Å². The second-order valence-electron chi connectivity index (χ2n) is 3.94. The van der Waals surface area contributed by atoms with Crippen LogP contribution < -0.4 is 10.6 Å². The summed E-state index contributed by atoms with van der Waals surface area (Å²) in [5.74, 6) is -0.528. The number of carbonyl (C=O) groups excluding carboxylic acids is 2. The van der Waals surface area contributed by atoms with Crippen molar-refractivity contribution in [1.29, 1.82) is 5.26 Å². The second-order valence-corrected chi connectivity index (χ2v) is 3.94. The van der Waals surface area contributed by atoms with Crippen molar-refractivity contribution >= 4 is 17.5 Å². The van der Waals surface area contributed by atoms with E-state index >= 15 is 0 Å². The van der Waals surface area contributed by atoms with Gasteiger partial charge in [0.05, 0.1) is 12.5 Å². The van der Waals surface area contributed by atoms with Crippen molar-refractivity contribution in [3.8, 4) is 6.07 Å². The van der Waals surface area contributed by atoms with E-state index in [2.05, 4.69) is 10.6 Å². The first-order valence-electron chi connectivity index (χ1n) is 5.57. The first kappa shape index (κ1) is 13.7. The van der Waals surface area contributed by atoms with E-state index in [1.807, 2.05) is 6.07 Å². The van der Waals surface area contributed by atoms with Crippen LogP contribution in [-0.2, 0) is 16.0 Å². The lowest BCUT2D eigenvalue weighted by atomic mass is 10.1. The van der Waals surface area contributed by atoms with Gasteiger partial charge in [-0.1, -0.05) is 12.1 Å². The fourth-order valence-electron chi connectivity index (χ4n) is 1.42. The number of nitrogens with zero attached hydrogens (tertiary/aromatic N) is 1. The number of amides is 2. The van der Waals surface area contributed by atoms with Crippen molar-refractivity contribution in [3.05, 3.63) is 29.8 Å². The zero-order chi connectivity index (χ0) is 13.5. The van der Waals surface area contributed by atoms with Crippen molar-refractivity contribution in [1.82, 2.24) is 5.32 Å². The Hall–Kier alpha value is -2.35. The summed E-state index contributed by atoms with van der Waals surface area (Å²) >= 11 is 0. The minimum atomic E-state index is -0.582. The van der Waals surface area contributed by atoms with Crippen LogP contribution in [0.25, 0.3) is 0 Å². The van der Waals surface area contributed by atoms with E-state index in [1.54, 1.807) is 31.2 Å². The number of anilines is 1. The highest BCUT2D eigenvalue weighted by atomic mass is 16.2. The Morgan fingerprint density at radius 3 is 2.44 bits per heavy atom. The third kappa shape index (κ3) is 4.26. The molecule has 5 nitrogen and oxygen atoms in total. The molecule has 1 rings (SSSR count). The molecule has 0 aliphatic carbocycles. The minimum Gasteiger partial charge on any atom is -0.345 e. The molecule has 1 unspecified atom stereocenters. The molecule has 0 aliphatic heterocycles. The Labute approximate surface area is 106 Å². The van der Waals surface area contributed by atoms with Crippen LogP contribution in [0.15, 0.2) is 24.3 Å². The van der Waals surface area contributed by atoms with Gasteiger partial charge in [-0.05, 0) is 24.6 Å². The van der Waals surface area contributed by atoms with Crippen LogP contribution in [0.3, 0.4) is 0 Å². The van der Waals surface area contributed by atoms with Crippen molar-refractivity contribution < 1.29 is 9.59 Å². The largest absolute Gasteiger partial charge is 0.345 e. The summed E-state index contributed by atoms with van der Waals surface area (Å²) in [5, 5.41) is 13.7. The zero-order valence-electron chi connectivity index (χ0n) is 10.4. The van der Waals surface area contributed by atoms with Crippen LogP contribution in [0.4, 0.5) is 5.69 Å². The molecule has 0 radical (unpaired) electrons. The minimum absolute atomic E-state index is 0.248. The van der Waals surface area contributed by atoms with Gasteiger partial charge in [-0.2, -0.15) is 5.26 Å². The molecule has 18 heavy (non-hydrogen) atoms. The lowest BCUT2D eigenvalue weighted by Gasteiger charge is -2.12. The molecule has 0 aromatic heterocycles. The molecule has 1 aromatic rings. The maximum Gasteiger partial charge on any atom is 0.246 e. The molecule has 5 heteroatoms. The molecule has 0 fully saturated rings. The van der Waals surface area contributed by atoms with Gasteiger partial charge in [0.25, 0.3) is 0 Å². The SMILES string of the molecule is CC(=O)NC(C)C(=O)Nc1ccc(CC#N)cc1. The molecule has 0 saturated heterocycles. The van der Waals surface area contributed by atoms with E-state index < -0.39 is 6.04 Å². The molecule has 0 heterocycles. The van der Waals surface area contributed by atoms with Crippen LogP contribution in [0.5, 0.6) is 0 Å². The third-order valence-corrected chi connectivity index (χ3v) is 2.32. The summed E-state index contributed by atoms with van der Waals surface area (Å²) in [4.78, 5) is 22.5. The van der Waals surface area contributed by atoms with Crippen molar-refractivity contribution in [2.24, 2.45) is 0 Å². The average molecular weight is 245 g/mol. The number of nitrogens with one attached hydrogen (secondary N) is 2. The van der Waals surface area contributed by atoms with Crippen LogP contribution in [0.2, 0.25) is 0 Å². The van der Waals surface area contributed by atoms with Crippen molar-refractivity contribution in [2.45, 2.75) is 26.3 Å². The van der Waals surface area contributed by atoms with E-state index in [9.17, 15) is 9.59 Å². The maximum absolute atomic E-state index is 11.7. The molecule has 1 aromatic carbocycles. The summed E-state index contributed by atoms with van der Waals surface area (Å²) in [7, 11) is 0. The van der Waals surface area contributed by atoms with Gasteiger partial charge in [-0.3, -0.25) is 9.59 Å². The molecule has 0 bridgehead atoms. The van der Waals surface area contributed by atoms with E-state index in [4.69, 9.17) is 5.26 Å². The second kappa shape index (κ2) is 6.40. The smallest absolute Gasteiger partial charge is 0.246 e. The number of benzene rings is 1. The Morgan fingerprint density at radius 1 is 1.33 bits per heavy atom. The molecular formula is C13H15N3O2. The topological polar surface area (TPSA) is 82.0 Å². The fourth-order valence-corrected chi connectivity index (χ4v) is 1.42. The van der Waals surface area contributed by atoms with Gasteiger partial charge in [0, 0.05) is 12.6 Å². The van der Waals surface area contributed by atoms with Gasteiger partial charge in [-0.15, -0.1) is 0 Å². The van der Waals surface area contributed by atoms with Crippen LogP contribution in [0, 0.1) is 11.3 Å². The predicted octanol–water partition coefficient (Wildman–Crippen LogP) is 1.22. The summed E-state index contributed by atoms with van der Waals surface area (Å²) in [6.45, 7) is 2.97. The predicted molar refractivity (Wildman–Crippen MR) is 67.7 cm³/mol. The Balaban J connectivity index is 2.59. The van der Waals surface area contributed by atoms with Crippen LogP contribution >= 0.6 is 0 Å². The Morgan fingerprint density at radius 2 is 1.94 bits per heavy atom. The molecule has 0 saturated carbocycles.